The summed E-state index contributed by atoms with van der Waals surface area (Å²) in [4.78, 5) is 70.9. The molecule has 0 aliphatic carbocycles. The number of aliphatic carboxylic acids is 2. The molecule has 0 aliphatic heterocycles. The van der Waals surface area contributed by atoms with Gasteiger partial charge in [-0.3, -0.25) is 24.0 Å². The molecule has 0 bridgehead atoms. The highest BCUT2D eigenvalue weighted by Gasteiger charge is 2.30. The van der Waals surface area contributed by atoms with E-state index in [2.05, 4.69) is 16.0 Å². The molecule has 4 atom stereocenters. The third kappa shape index (κ3) is 10.4. The Morgan fingerprint density at radius 3 is 1.86 bits per heavy atom. The van der Waals surface area contributed by atoms with Gasteiger partial charge in [0.1, 0.15) is 23.9 Å². The van der Waals surface area contributed by atoms with E-state index in [1.807, 2.05) is 0 Å². The molecule has 36 heavy (non-hydrogen) atoms. The summed E-state index contributed by atoms with van der Waals surface area (Å²) in [5.74, 6) is -6.70. The molecule has 0 spiro atoms. The van der Waals surface area contributed by atoms with Crippen LogP contribution in [-0.2, 0) is 35.2 Å². The third-order valence-corrected chi connectivity index (χ3v) is 4.84. The van der Waals surface area contributed by atoms with Gasteiger partial charge in [-0.15, -0.1) is 0 Å². The number of nitrogens with two attached hydrogens (primary N) is 2. The van der Waals surface area contributed by atoms with Gasteiger partial charge in [0, 0.05) is 12.8 Å². The number of aromatic hydroxyl groups is 1. The fourth-order valence-corrected chi connectivity index (χ4v) is 2.93. The lowest BCUT2D eigenvalue weighted by atomic mass is 10.0. The van der Waals surface area contributed by atoms with Crippen LogP contribution in [0.25, 0.3) is 0 Å². The van der Waals surface area contributed by atoms with Crippen molar-refractivity contribution >= 4 is 35.6 Å². The maximum Gasteiger partial charge on any atom is 0.326 e. The van der Waals surface area contributed by atoms with Crippen LogP contribution in [0.3, 0.4) is 0 Å². The Hall–Kier alpha value is -4.24. The summed E-state index contributed by atoms with van der Waals surface area (Å²) >= 11 is 0. The van der Waals surface area contributed by atoms with Gasteiger partial charge in [0.2, 0.25) is 23.6 Å². The van der Waals surface area contributed by atoms with Crippen molar-refractivity contribution in [1.82, 2.24) is 16.0 Å². The minimum Gasteiger partial charge on any atom is -0.508 e. The number of hydrogen-bond donors (Lipinski definition) is 9. The number of aliphatic hydroxyl groups is 1. The summed E-state index contributed by atoms with van der Waals surface area (Å²) in [7, 11) is 0. The van der Waals surface area contributed by atoms with Crippen LogP contribution in [0.15, 0.2) is 24.3 Å². The zero-order valence-electron chi connectivity index (χ0n) is 19.0. The number of primary amides is 1. The average molecular weight is 511 g/mol. The highest BCUT2D eigenvalue weighted by molar-refractivity contribution is 5.95. The number of amides is 4. The first-order valence-electron chi connectivity index (χ1n) is 10.6. The summed E-state index contributed by atoms with van der Waals surface area (Å²) in [6.45, 7) is -0.912. The topological polar surface area (TPSA) is 271 Å². The van der Waals surface area contributed by atoms with Crippen LogP contribution in [0.4, 0.5) is 0 Å². The molecule has 1 aromatic rings. The number of hydrogen-bond acceptors (Lipinski definition) is 9. The SMILES string of the molecule is NC(=O)CC(N)C(=O)NC(CO)C(=O)NC(Cc1ccc(O)cc1)C(=O)NC(CCC(=O)O)C(=O)O. The highest BCUT2D eigenvalue weighted by atomic mass is 16.4. The molecule has 0 fully saturated rings. The van der Waals surface area contributed by atoms with E-state index in [4.69, 9.17) is 16.6 Å². The van der Waals surface area contributed by atoms with Gasteiger partial charge < -0.3 is 47.8 Å². The molecule has 11 N–H and O–H groups in total. The summed E-state index contributed by atoms with van der Waals surface area (Å²) in [5, 5.41) is 43.7. The van der Waals surface area contributed by atoms with Gasteiger partial charge in [0.05, 0.1) is 19.1 Å². The molecule has 0 aromatic heterocycles. The summed E-state index contributed by atoms with van der Waals surface area (Å²) < 4.78 is 0. The van der Waals surface area contributed by atoms with Crippen LogP contribution >= 0.6 is 0 Å². The predicted octanol–water partition coefficient (Wildman–Crippen LogP) is -3.47. The van der Waals surface area contributed by atoms with Crippen molar-refractivity contribution in [2.75, 3.05) is 6.61 Å². The number of rotatable bonds is 15. The molecule has 1 aromatic carbocycles. The molecule has 1 rings (SSSR count). The smallest absolute Gasteiger partial charge is 0.326 e. The lowest BCUT2D eigenvalue weighted by molar-refractivity contribution is -0.143. The number of aliphatic hydroxyl groups excluding tert-OH is 1. The minimum absolute atomic E-state index is 0.0706. The van der Waals surface area contributed by atoms with Crippen LogP contribution < -0.4 is 27.4 Å². The van der Waals surface area contributed by atoms with Crippen molar-refractivity contribution in [3.63, 3.8) is 0 Å². The molecule has 0 saturated heterocycles. The van der Waals surface area contributed by atoms with Gasteiger partial charge >= 0.3 is 11.9 Å². The molecule has 4 unspecified atom stereocenters. The number of carbonyl (C=O) groups is 6. The first-order chi connectivity index (χ1) is 16.8. The average Bonchev–Trinajstić information content (AvgIpc) is 2.79. The molecular formula is C21H29N5O10. The number of benzene rings is 1. The molecule has 0 saturated carbocycles. The Kier molecular flexibility index (Phi) is 11.8. The predicted molar refractivity (Wildman–Crippen MR) is 121 cm³/mol. The first-order valence-corrected chi connectivity index (χ1v) is 10.6. The zero-order chi connectivity index (χ0) is 27.4. The third-order valence-electron chi connectivity index (χ3n) is 4.84. The molecule has 0 radical (unpaired) electrons. The number of carboxylic acid groups (broad SMARTS) is 2. The Morgan fingerprint density at radius 1 is 0.833 bits per heavy atom. The van der Waals surface area contributed by atoms with E-state index in [1.54, 1.807) is 0 Å². The van der Waals surface area contributed by atoms with E-state index >= 15 is 0 Å². The van der Waals surface area contributed by atoms with Gasteiger partial charge in [-0.1, -0.05) is 12.1 Å². The van der Waals surface area contributed by atoms with Crippen molar-refractivity contribution in [2.45, 2.75) is 49.9 Å². The minimum atomic E-state index is -1.59. The second kappa shape index (κ2) is 14.2. The Bertz CT molecular complexity index is 968. The van der Waals surface area contributed by atoms with E-state index in [-0.39, 0.29) is 12.2 Å². The van der Waals surface area contributed by atoms with Crippen molar-refractivity contribution in [3.05, 3.63) is 29.8 Å². The number of phenols is 1. The molecule has 15 heteroatoms. The molecule has 0 heterocycles. The van der Waals surface area contributed by atoms with E-state index in [0.717, 1.165) is 0 Å². The number of carboxylic acids is 2. The van der Waals surface area contributed by atoms with Crippen LogP contribution in [0.5, 0.6) is 5.75 Å². The fraction of sp³-hybridized carbons (Fsp3) is 0.429. The molecule has 4 amide bonds. The van der Waals surface area contributed by atoms with E-state index in [0.29, 0.717) is 5.56 Å². The Morgan fingerprint density at radius 2 is 1.36 bits per heavy atom. The number of carbonyl (C=O) groups excluding carboxylic acids is 4. The Labute approximate surface area is 204 Å². The number of nitrogens with one attached hydrogen (secondary N) is 3. The van der Waals surface area contributed by atoms with Crippen LogP contribution in [0.2, 0.25) is 0 Å². The van der Waals surface area contributed by atoms with Crippen molar-refractivity contribution in [1.29, 1.82) is 0 Å². The van der Waals surface area contributed by atoms with Crippen molar-refractivity contribution < 1.29 is 49.2 Å². The van der Waals surface area contributed by atoms with E-state index < -0.39 is 85.6 Å². The number of phenolic OH excluding ortho intramolecular Hbond substituents is 1. The summed E-state index contributed by atoms with van der Waals surface area (Å²) in [6, 6.07) is -0.484. The Balaban J connectivity index is 3.06. The monoisotopic (exact) mass is 511 g/mol. The maximum atomic E-state index is 12.9. The maximum absolute atomic E-state index is 12.9. The second-order valence-electron chi connectivity index (χ2n) is 7.78. The van der Waals surface area contributed by atoms with Crippen LogP contribution in [0.1, 0.15) is 24.8 Å². The highest BCUT2D eigenvalue weighted by Crippen LogP contribution is 2.12. The standard InChI is InChI=1S/C21H29N5O10/c22-12(8-16(23)29)18(32)26-15(9-27)20(34)25-14(7-10-1-3-11(28)4-2-10)19(33)24-13(21(35)36)5-6-17(30)31/h1-4,12-15,27-28H,5-9,22H2,(H2,23,29)(H,24,33)(H,25,34)(H,26,32)(H,30,31)(H,35,36). The lowest BCUT2D eigenvalue weighted by Crippen LogP contribution is -2.58. The van der Waals surface area contributed by atoms with Gasteiger partial charge in [0.15, 0.2) is 0 Å². The lowest BCUT2D eigenvalue weighted by Gasteiger charge is -2.24. The van der Waals surface area contributed by atoms with E-state index in [9.17, 15) is 44.1 Å². The van der Waals surface area contributed by atoms with Gasteiger partial charge in [-0.05, 0) is 24.1 Å². The van der Waals surface area contributed by atoms with Gasteiger partial charge in [-0.25, -0.2) is 4.79 Å². The van der Waals surface area contributed by atoms with E-state index in [1.165, 1.54) is 24.3 Å². The normalized spacial score (nSPS) is 13.9. The van der Waals surface area contributed by atoms with Crippen LogP contribution in [-0.4, -0.2) is 86.8 Å². The second-order valence-corrected chi connectivity index (χ2v) is 7.78. The quantitative estimate of drug-likeness (QED) is 0.112. The van der Waals surface area contributed by atoms with Gasteiger partial charge in [-0.2, -0.15) is 0 Å². The molecule has 0 aliphatic rings. The largest absolute Gasteiger partial charge is 0.508 e. The van der Waals surface area contributed by atoms with Crippen LogP contribution in [0, 0.1) is 0 Å². The molecule has 15 nitrogen and oxygen atoms in total. The van der Waals surface area contributed by atoms with Crippen molar-refractivity contribution in [2.24, 2.45) is 11.5 Å². The summed E-state index contributed by atoms with van der Waals surface area (Å²) in [6.07, 6.45) is -1.69. The van der Waals surface area contributed by atoms with Crippen molar-refractivity contribution in [3.8, 4) is 5.75 Å². The zero-order valence-corrected chi connectivity index (χ0v) is 19.0. The molecular weight excluding hydrogens is 482 g/mol. The molecule has 198 valence electrons. The van der Waals surface area contributed by atoms with Gasteiger partial charge in [0.25, 0.3) is 0 Å². The fourth-order valence-electron chi connectivity index (χ4n) is 2.93. The summed E-state index contributed by atoms with van der Waals surface area (Å²) in [5.41, 5.74) is 10.9. The first kappa shape index (κ1) is 29.8.